The van der Waals surface area contributed by atoms with Crippen LogP contribution in [0.1, 0.15) is 12.0 Å². The van der Waals surface area contributed by atoms with Gasteiger partial charge in [0.15, 0.2) is 0 Å². The minimum atomic E-state index is -0.505. The molecule has 0 aromatic heterocycles. The van der Waals surface area contributed by atoms with Gasteiger partial charge in [-0.15, -0.1) is 0 Å². The number of hydrogen-bond donors (Lipinski definition) is 1. The number of amides is 1. The summed E-state index contributed by atoms with van der Waals surface area (Å²) in [5.41, 5.74) is 2.67. The van der Waals surface area contributed by atoms with Crippen LogP contribution in [0.4, 0.5) is 11.4 Å². The number of nitriles is 1. The highest BCUT2D eigenvalue weighted by Crippen LogP contribution is 2.28. The van der Waals surface area contributed by atoms with Crippen molar-refractivity contribution in [3.05, 3.63) is 69.8 Å². The molecule has 1 aliphatic heterocycles. The number of fused-ring (bicyclic) bond motifs is 1. The molecule has 0 aliphatic carbocycles. The average Bonchev–Trinajstić information content (AvgIpc) is 2.62. The molecule has 0 radical (unpaired) electrons. The van der Waals surface area contributed by atoms with Crippen molar-refractivity contribution >= 4 is 40.5 Å². The minimum Gasteiger partial charge on any atom is -0.346 e. The van der Waals surface area contributed by atoms with Crippen LogP contribution in [0.5, 0.6) is 0 Å². The fraction of sp³-hybridized carbons (Fsp3) is 0.158. The highest BCUT2D eigenvalue weighted by Gasteiger charge is 2.18. The van der Waals surface area contributed by atoms with Crippen molar-refractivity contribution in [2.75, 3.05) is 16.8 Å². The van der Waals surface area contributed by atoms with E-state index in [1.165, 1.54) is 11.6 Å². The Kier molecular flexibility index (Phi) is 5.28. The van der Waals surface area contributed by atoms with Gasteiger partial charge < -0.3 is 10.2 Å². The first-order valence-electron chi connectivity index (χ1n) is 7.81. The second kappa shape index (κ2) is 7.60. The number of rotatable bonds is 3. The summed E-state index contributed by atoms with van der Waals surface area (Å²) >= 11 is 11.9. The number of aryl methyl sites for hydroxylation is 1. The van der Waals surface area contributed by atoms with Crippen LogP contribution in [0, 0.1) is 11.3 Å². The maximum atomic E-state index is 12.4. The first-order chi connectivity index (χ1) is 12.1. The lowest BCUT2D eigenvalue weighted by atomic mass is 10.0. The number of halogens is 2. The van der Waals surface area contributed by atoms with Gasteiger partial charge in [0.05, 0.1) is 10.7 Å². The van der Waals surface area contributed by atoms with Gasteiger partial charge in [-0.3, -0.25) is 4.79 Å². The van der Waals surface area contributed by atoms with Crippen LogP contribution < -0.4 is 10.2 Å². The third-order valence-corrected chi connectivity index (χ3v) is 4.52. The summed E-state index contributed by atoms with van der Waals surface area (Å²) in [5.74, 6) is -0.505. The predicted octanol–water partition coefficient (Wildman–Crippen LogP) is 4.79. The van der Waals surface area contributed by atoms with Gasteiger partial charge in [-0.2, -0.15) is 5.26 Å². The molecule has 0 spiro atoms. The monoisotopic (exact) mass is 371 g/mol. The van der Waals surface area contributed by atoms with E-state index in [-0.39, 0.29) is 5.57 Å². The molecule has 1 amide bonds. The molecule has 0 unspecified atom stereocenters. The quantitative estimate of drug-likeness (QED) is 0.623. The lowest BCUT2D eigenvalue weighted by Gasteiger charge is -2.28. The maximum absolute atomic E-state index is 12.4. The molecule has 0 bridgehead atoms. The Morgan fingerprint density at radius 3 is 2.80 bits per heavy atom. The van der Waals surface area contributed by atoms with Crippen LogP contribution in [0.25, 0.3) is 0 Å². The van der Waals surface area contributed by atoms with E-state index in [4.69, 9.17) is 23.2 Å². The molecule has 0 fully saturated rings. The Labute approximate surface area is 156 Å². The van der Waals surface area contributed by atoms with E-state index < -0.39 is 5.91 Å². The van der Waals surface area contributed by atoms with Crippen LogP contribution in [-0.4, -0.2) is 12.5 Å². The number of anilines is 2. The zero-order valence-electron chi connectivity index (χ0n) is 13.3. The Balaban J connectivity index is 1.84. The van der Waals surface area contributed by atoms with Gasteiger partial charge >= 0.3 is 0 Å². The third kappa shape index (κ3) is 3.96. The van der Waals surface area contributed by atoms with E-state index in [0.717, 1.165) is 25.1 Å². The van der Waals surface area contributed by atoms with Crippen molar-refractivity contribution in [1.82, 2.24) is 0 Å². The van der Waals surface area contributed by atoms with Crippen LogP contribution >= 0.6 is 23.2 Å². The van der Waals surface area contributed by atoms with E-state index in [2.05, 4.69) is 11.4 Å². The minimum absolute atomic E-state index is 0.0164. The van der Waals surface area contributed by atoms with Crippen molar-refractivity contribution in [2.45, 2.75) is 12.8 Å². The number of nitrogens with one attached hydrogen (secondary N) is 1. The van der Waals surface area contributed by atoms with Crippen molar-refractivity contribution < 1.29 is 4.79 Å². The van der Waals surface area contributed by atoms with Crippen molar-refractivity contribution in [1.29, 1.82) is 5.26 Å². The van der Waals surface area contributed by atoms with E-state index in [9.17, 15) is 10.1 Å². The van der Waals surface area contributed by atoms with E-state index in [1.54, 1.807) is 18.3 Å². The average molecular weight is 372 g/mol. The smallest absolute Gasteiger partial charge is 0.267 e. The Morgan fingerprint density at radius 1 is 1.24 bits per heavy atom. The zero-order chi connectivity index (χ0) is 17.8. The summed E-state index contributed by atoms with van der Waals surface area (Å²) in [7, 11) is 0. The summed E-state index contributed by atoms with van der Waals surface area (Å²) in [6.07, 6.45) is 3.56. The molecule has 0 saturated carbocycles. The van der Waals surface area contributed by atoms with Gasteiger partial charge in [0.25, 0.3) is 5.91 Å². The van der Waals surface area contributed by atoms with Crippen LogP contribution in [0.15, 0.2) is 54.2 Å². The molecule has 6 heteroatoms. The number of benzene rings is 2. The number of carbonyl (C=O) groups excluding carboxylic acids is 1. The fourth-order valence-electron chi connectivity index (χ4n) is 2.77. The molecule has 2 aromatic carbocycles. The van der Waals surface area contributed by atoms with E-state index in [1.807, 2.05) is 29.2 Å². The molecular formula is C19H15Cl2N3O. The van der Waals surface area contributed by atoms with Gasteiger partial charge in [0, 0.05) is 23.5 Å². The second-order valence-electron chi connectivity index (χ2n) is 5.66. The van der Waals surface area contributed by atoms with Crippen molar-refractivity contribution in [2.24, 2.45) is 0 Å². The molecule has 25 heavy (non-hydrogen) atoms. The molecule has 1 aliphatic rings. The number of nitrogens with zero attached hydrogens (tertiary/aromatic N) is 2. The van der Waals surface area contributed by atoms with Crippen molar-refractivity contribution in [3.63, 3.8) is 0 Å². The summed E-state index contributed by atoms with van der Waals surface area (Å²) in [5, 5.41) is 12.9. The second-order valence-corrected chi connectivity index (χ2v) is 6.50. The standard InChI is InChI=1S/C19H15Cl2N3O/c20-15-7-8-17(16(21)10-15)23-19(25)14(11-22)12-24-9-3-5-13-4-1-2-6-18(13)24/h1-2,4,6-8,10,12H,3,5,9H2,(H,23,25)/b14-12-. The topological polar surface area (TPSA) is 56.1 Å². The van der Waals surface area contributed by atoms with Gasteiger partial charge in [0.1, 0.15) is 11.6 Å². The highest BCUT2D eigenvalue weighted by molar-refractivity contribution is 6.36. The lowest BCUT2D eigenvalue weighted by Crippen LogP contribution is -2.26. The fourth-order valence-corrected chi connectivity index (χ4v) is 3.23. The zero-order valence-corrected chi connectivity index (χ0v) is 14.8. The van der Waals surface area contributed by atoms with Crippen LogP contribution in [0.2, 0.25) is 10.0 Å². The van der Waals surface area contributed by atoms with Gasteiger partial charge in [-0.1, -0.05) is 41.4 Å². The molecule has 2 aromatic rings. The summed E-state index contributed by atoms with van der Waals surface area (Å²) < 4.78 is 0. The first-order valence-corrected chi connectivity index (χ1v) is 8.57. The van der Waals surface area contributed by atoms with Crippen LogP contribution in [-0.2, 0) is 11.2 Å². The number of para-hydroxylation sites is 1. The molecule has 1 heterocycles. The summed E-state index contributed by atoms with van der Waals surface area (Å²) in [6.45, 7) is 0.761. The summed E-state index contributed by atoms with van der Waals surface area (Å²) in [6, 6.07) is 14.7. The van der Waals surface area contributed by atoms with Crippen molar-refractivity contribution in [3.8, 4) is 6.07 Å². The SMILES string of the molecule is N#C/C(=C/N1CCCc2ccccc21)C(=O)Nc1ccc(Cl)cc1Cl. The maximum Gasteiger partial charge on any atom is 0.267 e. The Hall–Kier alpha value is -2.48. The molecule has 0 saturated heterocycles. The van der Waals surface area contributed by atoms with Gasteiger partial charge in [-0.25, -0.2) is 0 Å². The normalized spacial score (nSPS) is 13.8. The Bertz CT molecular complexity index is 886. The van der Waals surface area contributed by atoms with Crippen LogP contribution in [0.3, 0.4) is 0 Å². The molecular weight excluding hydrogens is 357 g/mol. The van der Waals surface area contributed by atoms with E-state index in [0.29, 0.717) is 15.7 Å². The number of carbonyl (C=O) groups is 1. The molecule has 126 valence electrons. The predicted molar refractivity (Wildman–Crippen MR) is 101 cm³/mol. The molecule has 3 rings (SSSR count). The highest BCUT2D eigenvalue weighted by atomic mass is 35.5. The number of hydrogen-bond acceptors (Lipinski definition) is 3. The first kappa shape index (κ1) is 17.3. The third-order valence-electron chi connectivity index (χ3n) is 3.98. The van der Waals surface area contributed by atoms with E-state index >= 15 is 0 Å². The summed E-state index contributed by atoms with van der Waals surface area (Å²) in [4.78, 5) is 14.4. The molecule has 0 atom stereocenters. The molecule has 1 N–H and O–H groups in total. The largest absolute Gasteiger partial charge is 0.346 e. The Morgan fingerprint density at radius 2 is 2.04 bits per heavy atom. The van der Waals surface area contributed by atoms with Gasteiger partial charge in [-0.05, 0) is 42.7 Å². The van der Waals surface area contributed by atoms with Gasteiger partial charge in [0.2, 0.25) is 0 Å². The lowest BCUT2D eigenvalue weighted by molar-refractivity contribution is -0.112. The molecule has 4 nitrogen and oxygen atoms in total.